The van der Waals surface area contributed by atoms with Gasteiger partial charge in [-0.2, -0.15) is 4.52 Å². The minimum Gasteiger partial charge on any atom is -0.371 e. The normalized spacial score (nSPS) is 14.8. The second-order valence-corrected chi connectivity index (χ2v) is 7.03. The van der Waals surface area contributed by atoms with Gasteiger partial charge in [0.2, 0.25) is 0 Å². The average molecular weight is 369 g/mol. The number of hydrogen-bond acceptors (Lipinski definition) is 5. The van der Waals surface area contributed by atoms with E-state index in [1.807, 2.05) is 25.1 Å². The summed E-state index contributed by atoms with van der Waals surface area (Å²) in [5, 5.41) is 13.3. The Morgan fingerprint density at radius 2 is 1.96 bits per heavy atom. The maximum atomic E-state index is 6.12. The van der Waals surface area contributed by atoms with Gasteiger partial charge >= 0.3 is 0 Å². The fraction of sp³-hybridized carbons (Fsp3) is 0.316. The largest absolute Gasteiger partial charge is 0.371 e. The van der Waals surface area contributed by atoms with Gasteiger partial charge in [0, 0.05) is 43.3 Å². The molecule has 0 bridgehead atoms. The summed E-state index contributed by atoms with van der Waals surface area (Å²) >= 11 is 6.12. The minimum absolute atomic E-state index is 0.763. The Morgan fingerprint density at radius 3 is 2.73 bits per heavy atom. The Balaban J connectivity index is 1.37. The molecule has 26 heavy (non-hydrogen) atoms. The van der Waals surface area contributed by atoms with Crippen molar-refractivity contribution >= 4 is 23.1 Å². The number of aromatic nitrogens is 4. The molecule has 134 valence electrons. The molecule has 0 radical (unpaired) electrons. The molecule has 4 rings (SSSR count). The molecule has 6 nitrogen and oxygen atoms in total. The number of piperazine rings is 1. The van der Waals surface area contributed by atoms with Crippen molar-refractivity contribution in [3.05, 3.63) is 65.1 Å². The van der Waals surface area contributed by atoms with Gasteiger partial charge in [-0.25, -0.2) is 0 Å². The van der Waals surface area contributed by atoms with E-state index in [0.29, 0.717) is 0 Å². The molecule has 0 spiro atoms. The van der Waals surface area contributed by atoms with E-state index in [1.165, 1.54) is 5.56 Å². The van der Waals surface area contributed by atoms with Crippen LogP contribution in [0.3, 0.4) is 0 Å². The maximum absolute atomic E-state index is 6.12. The second-order valence-electron chi connectivity index (χ2n) is 6.63. The van der Waals surface area contributed by atoms with Crippen LogP contribution in [0, 0.1) is 6.92 Å². The van der Waals surface area contributed by atoms with Gasteiger partial charge in [-0.3, -0.25) is 0 Å². The first-order chi connectivity index (χ1) is 12.6. The van der Waals surface area contributed by atoms with Crippen LogP contribution in [0.2, 0.25) is 5.02 Å². The number of allylic oxidation sites excluding steroid dienone is 1. The van der Waals surface area contributed by atoms with E-state index in [1.54, 1.807) is 10.8 Å². The SMILES string of the molecule is C=C(Cc1ccc(Cl)c(C)c1)N1CCN(c2ccc3nncn3n2)CC1. The summed E-state index contributed by atoms with van der Waals surface area (Å²) in [6.45, 7) is 10.0. The molecule has 1 saturated heterocycles. The van der Waals surface area contributed by atoms with E-state index in [9.17, 15) is 0 Å². The molecule has 0 saturated carbocycles. The van der Waals surface area contributed by atoms with Crippen LogP contribution in [0.4, 0.5) is 5.82 Å². The first-order valence-corrected chi connectivity index (χ1v) is 9.08. The number of hydrogen-bond donors (Lipinski definition) is 0. The van der Waals surface area contributed by atoms with Crippen molar-refractivity contribution in [3.63, 3.8) is 0 Å². The Labute approximate surface area is 157 Å². The van der Waals surface area contributed by atoms with Crippen molar-refractivity contribution in [2.75, 3.05) is 31.1 Å². The average Bonchev–Trinajstić information content (AvgIpc) is 3.12. The van der Waals surface area contributed by atoms with Crippen molar-refractivity contribution in [1.29, 1.82) is 0 Å². The third-order valence-corrected chi connectivity index (χ3v) is 5.25. The van der Waals surface area contributed by atoms with E-state index in [0.717, 1.165) is 60.3 Å². The highest BCUT2D eigenvalue weighted by Crippen LogP contribution is 2.21. The molecule has 0 unspecified atom stereocenters. The van der Waals surface area contributed by atoms with Gasteiger partial charge in [-0.05, 0) is 36.2 Å². The Hall–Kier alpha value is -2.60. The van der Waals surface area contributed by atoms with E-state index >= 15 is 0 Å². The molecule has 3 aromatic rings. The molecule has 1 aliphatic rings. The number of nitrogens with zero attached hydrogens (tertiary/aromatic N) is 6. The van der Waals surface area contributed by atoms with Crippen molar-refractivity contribution < 1.29 is 0 Å². The van der Waals surface area contributed by atoms with Crippen LogP contribution in [-0.2, 0) is 6.42 Å². The molecule has 7 heteroatoms. The lowest BCUT2D eigenvalue weighted by molar-refractivity contribution is 0.315. The summed E-state index contributed by atoms with van der Waals surface area (Å²) in [6.07, 6.45) is 2.48. The highest BCUT2D eigenvalue weighted by molar-refractivity contribution is 6.31. The molecular weight excluding hydrogens is 348 g/mol. The van der Waals surface area contributed by atoms with Gasteiger partial charge in [0.1, 0.15) is 12.1 Å². The molecular formula is C19H21ClN6. The van der Waals surface area contributed by atoms with Crippen LogP contribution < -0.4 is 4.90 Å². The molecule has 2 aromatic heterocycles. The first-order valence-electron chi connectivity index (χ1n) is 8.70. The topological polar surface area (TPSA) is 49.6 Å². The van der Waals surface area contributed by atoms with Crippen LogP contribution in [0.25, 0.3) is 5.65 Å². The fourth-order valence-corrected chi connectivity index (χ4v) is 3.42. The summed E-state index contributed by atoms with van der Waals surface area (Å²) in [7, 11) is 0. The van der Waals surface area contributed by atoms with Gasteiger partial charge in [0.05, 0.1) is 0 Å². The predicted molar refractivity (Wildman–Crippen MR) is 104 cm³/mol. The number of anilines is 1. The van der Waals surface area contributed by atoms with Gasteiger partial charge in [-0.1, -0.05) is 30.3 Å². The molecule has 0 aliphatic carbocycles. The van der Waals surface area contributed by atoms with E-state index in [2.05, 4.69) is 43.8 Å². The van der Waals surface area contributed by atoms with Crippen molar-refractivity contribution in [3.8, 4) is 0 Å². The molecule has 3 heterocycles. The highest BCUT2D eigenvalue weighted by Gasteiger charge is 2.19. The summed E-state index contributed by atoms with van der Waals surface area (Å²) in [4.78, 5) is 4.65. The van der Waals surface area contributed by atoms with Crippen LogP contribution in [0.5, 0.6) is 0 Å². The zero-order valence-corrected chi connectivity index (χ0v) is 15.5. The molecule has 0 atom stereocenters. The van der Waals surface area contributed by atoms with E-state index < -0.39 is 0 Å². The van der Waals surface area contributed by atoms with Gasteiger partial charge < -0.3 is 9.80 Å². The van der Waals surface area contributed by atoms with Crippen molar-refractivity contribution in [2.45, 2.75) is 13.3 Å². The highest BCUT2D eigenvalue weighted by atomic mass is 35.5. The van der Waals surface area contributed by atoms with Crippen LogP contribution >= 0.6 is 11.6 Å². The van der Waals surface area contributed by atoms with Gasteiger partial charge in [-0.15, -0.1) is 15.3 Å². The van der Waals surface area contributed by atoms with Crippen LogP contribution in [0.1, 0.15) is 11.1 Å². The van der Waals surface area contributed by atoms with Crippen LogP contribution in [-0.4, -0.2) is 50.9 Å². The maximum Gasteiger partial charge on any atom is 0.177 e. The Bertz CT molecular complexity index is 942. The molecule has 0 amide bonds. The summed E-state index contributed by atoms with van der Waals surface area (Å²) in [5.41, 5.74) is 4.27. The second kappa shape index (κ2) is 6.96. The number of halogens is 1. The summed E-state index contributed by atoms with van der Waals surface area (Å²) in [6, 6.07) is 10.1. The molecule has 1 aromatic carbocycles. The number of fused-ring (bicyclic) bond motifs is 1. The number of aryl methyl sites for hydroxylation is 1. The van der Waals surface area contributed by atoms with Gasteiger partial charge in [0.15, 0.2) is 5.65 Å². The summed E-state index contributed by atoms with van der Waals surface area (Å²) < 4.78 is 1.71. The standard InChI is InChI=1S/C19H21ClN6/c1-14-11-16(3-4-17(14)20)12-15(2)24-7-9-25(10-8-24)19-6-5-18-22-21-13-26(18)23-19/h3-6,11,13H,2,7-10,12H2,1H3. The third-order valence-electron chi connectivity index (χ3n) is 4.83. The predicted octanol–water partition coefficient (Wildman–Crippen LogP) is 2.96. The summed E-state index contributed by atoms with van der Waals surface area (Å²) in [5.74, 6) is 0.955. The molecule has 1 aliphatic heterocycles. The lowest BCUT2D eigenvalue weighted by Gasteiger charge is -2.37. The smallest absolute Gasteiger partial charge is 0.177 e. The zero-order chi connectivity index (χ0) is 18.1. The zero-order valence-electron chi connectivity index (χ0n) is 14.8. The van der Waals surface area contributed by atoms with Crippen LogP contribution in [0.15, 0.2) is 48.9 Å². The number of benzene rings is 1. The quantitative estimate of drug-likeness (QED) is 0.708. The lowest BCUT2D eigenvalue weighted by Crippen LogP contribution is -2.46. The number of rotatable bonds is 4. The Morgan fingerprint density at radius 1 is 1.15 bits per heavy atom. The van der Waals surface area contributed by atoms with Crippen molar-refractivity contribution in [1.82, 2.24) is 24.7 Å². The van der Waals surface area contributed by atoms with Crippen molar-refractivity contribution in [2.24, 2.45) is 0 Å². The molecule has 1 fully saturated rings. The monoisotopic (exact) mass is 368 g/mol. The van der Waals surface area contributed by atoms with E-state index in [4.69, 9.17) is 11.6 Å². The third kappa shape index (κ3) is 3.37. The first kappa shape index (κ1) is 16.8. The van der Waals surface area contributed by atoms with E-state index in [-0.39, 0.29) is 0 Å². The fourth-order valence-electron chi connectivity index (χ4n) is 3.30. The molecule has 0 N–H and O–H groups in total. The van der Waals surface area contributed by atoms with Gasteiger partial charge in [0.25, 0.3) is 0 Å². The lowest BCUT2D eigenvalue weighted by atomic mass is 10.1. The Kier molecular flexibility index (Phi) is 4.51. The minimum atomic E-state index is 0.763.